The molecule has 1 aromatic rings. The SMILES string of the molecule is CSc1nccc(N2CC3CCCC3C2)n1. The topological polar surface area (TPSA) is 29.0 Å². The van der Waals surface area contributed by atoms with E-state index < -0.39 is 0 Å². The van der Waals surface area contributed by atoms with Crippen molar-refractivity contribution in [3.05, 3.63) is 12.3 Å². The molecule has 2 atom stereocenters. The summed E-state index contributed by atoms with van der Waals surface area (Å²) in [6.45, 7) is 2.41. The summed E-state index contributed by atoms with van der Waals surface area (Å²) < 4.78 is 0. The van der Waals surface area contributed by atoms with Gasteiger partial charge in [-0.05, 0) is 37.0 Å². The van der Waals surface area contributed by atoms with Crippen LogP contribution in [0.5, 0.6) is 0 Å². The maximum absolute atomic E-state index is 4.58. The first-order chi connectivity index (χ1) is 7.86. The first-order valence-electron chi connectivity index (χ1n) is 5.99. The van der Waals surface area contributed by atoms with Crippen LogP contribution < -0.4 is 4.90 Å². The first-order valence-corrected chi connectivity index (χ1v) is 7.21. The van der Waals surface area contributed by atoms with Crippen LogP contribution in [0, 0.1) is 11.8 Å². The van der Waals surface area contributed by atoms with Gasteiger partial charge in [-0.1, -0.05) is 18.2 Å². The molecule has 0 amide bonds. The Morgan fingerprint density at radius 2 is 2.06 bits per heavy atom. The Bertz CT molecular complexity index is 370. The molecule has 0 radical (unpaired) electrons. The lowest BCUT2D eigenvalue weighted by Gasteiger charge is -2.18. The Morgan fingerprint density at radius 3 is 2.75 bits per heavy atom. The molecule has 0 N–H and O–H groups in total. The Morgan fingerprint density at radius 1 is 1.31 bits per heavy atom. The van der Waals surface area contributed by atoms with Crippen LogP contribution in [0.4, 0.5) is 5.82 Å². The Labute approximate surface area is 101 Å². The Balaban J connectivity index is 1.78. The predicted molar refractivity (Wildman–Crippen MR) is 66.9 cm³/mol. The van der Waals surface area contributed by atoms with Crippen molar-refractivity contribution in [2.24, 2.45) is 11.8 Å². The van der Waals surface area contributed by atoms with E-state index in [1.54, 1.807) is 11.8 Å². The van der Waals surface area contributed by atoms with Crippen molar-refractivity contribution in [3.8, 4) is 0 Å². The van der Waals surface area contributed by atoms with Crippen LogP contribution >= 0.6 is 11.8 Å². The van der Waals surface area contributed by atoms with E-state index in [-0.39, 0.29) is 0 Å². The van der Waals surface area contributed by atoms with Crippen molar-refractivity contribution in [2.75, 3.05) is 24.2 Å². The van der Waals surface area contributed by atoms with E-state index in [1.165, 1.54) is 32.4 Å². The molecule has 1 aliphatic carbocycles. The second-order valence-electron chi connectivity index (χ2n) is 4.76. The van der Waals surface area contributed by atoms with Gasteiger partial charge in [-0.3, -0.25) is 0 Å². The van der Waals surface area contributed by atoms with Crippen molar-refractivity contribution in [2.45, 2.75) is 24.4 Å². The second kappa shape index (κ2) is 4.24. The summed E-state index contributed by atoms with van der Waals surface area (Å²) in [6, 6.07) is 2.04. The molecule has 1 aliphatic heterocycles. The van der Waals surface area contributed by atoms with Gasteiger partial charge >= 0.3 is 0 Å². The lowest BCUT2D eigenvalue weighted by molar-refractivity contribution is 0.494. The van der Waals surface area contributed by atoms with Gasteiger partial charge in [0.15, 0.2) is 5.16 Å². The van der Waals surface area contributed by atoms with Crippen LogP contribution in [-0.2, 0) is 0 Å². The van der Waals surface area contributed by atoms with Gasteiger partial charge in [0.25, 0.3) is 0 Å². The normalized spacial score (nSPS) is 28.4. The van der Waals surface area contributed by atoms with Crippen LogP contribution in [0.2, 0.25) is 0 Å². The molecule has 16 heavy (non-hydrogen) atoms. The molecule has 3 nitrogen and oxygen atoms in total. The van der Waals surface area contributed by atoms with Crippen molar-refractivity contribution in [1.29, 1.82) is 0 Å². The zero-order chi connectivity index (χ0) is 11.0. The van der Waals surface area contributed by atoms with Crippen molar-refractivity contribution in [3.63, 3.8) is 0 Å². The average molecular weight is 235 g/mol. The van der Waals surface area contributed by atoms with E-state index >= 15 is 0 Å². The highest BCUT2D eigenvalue weighted by atomic mass is 32.2. The first kappa shape index (κ1) is 10.4. The molecule has 1 aromatic heterocycles. The monoisotopic (exact) mass is 235 g/mol. The molecule has 4 heteroatoms. The number of thioether (sulfide) groups is 1. The van der Waals surface area contributed by atoms with E-state index in [4.69, 9.17) is 0 Å². The van der Waals surface area contributed by atoms with Crippen LogP contribution in [0.3, 0.4) is 0 Å². The minimum atomic E-state index is 0.884. The van der Waals surface area contributed by atoms with Crippen LogP contribution in [0.1, 0.15) is 19.3 Å². The van der Waals surface area contributed by atoms with Crippen LogP contribution in [0.25, 0.3) is 0 Å². The molecule has 2 fully saturated rings. The van der Waals surface area contributed by atoms with Crippen LogP contribution in [0.15, 0.2) is 17.4 Å². The summed E-state index contributed by atoms with van der Waals surface area (Å²) in [5.74, 6) is 2.97. The third-order valence-electron chi connectivity index (χ3n) is 3.85. The summed E-state index contributed by atoms with van der Waals surface area (Å²) in [6.07, 6.45) is 8.17. The third-order valence-corrected chi connectivity index (χ3v) is 4.41. The minimum Gasteiger partial charge on any atom is -0.356 e. The largest absolute Gasteiger partial charge is 0.356 e. The molecule has 2 aliphatic rings. The van der Waals surface area contributed by atoms with Gasteiger partial charge in [0.2, 0.25) is 0 Å². The maximum Gasteiger partial charge on any atom is 0.189 e. The summed E-state index contributed by atoms with van der Waals surface area (Å²) in [7, 11) is 0. The molecule has 0 bridgehead atoms. The maximum atomic E-state index is 4.58. The molecule has 2 heterocycles. The molecule has 0 aromatic carbocycles. The molecule has 86 valence electrons. The van der Waals surface area contributed by atoms with Gasteiger partial charge in [-0.25, -0.2) is 9.97 Å². The number of nitrogens with zero attached hydrogens (tertiary/aromatic N) is 3. The zero-order valence-corrected chi connectivity index (χ0v) is 10.4. The van der Waals surface area contributed by atoms with E-state index in [0.717, 1.165) is 22.8 Å². The fourth-order valence-electron chi connectivity index (χ4n) is 3.03. The van der Waals surface area contributed by atoms with E-state index in [9.17, 15) is 0 Å². The van der Waals surface area contributed by atoms with Crippen molar-refractivity contribution >= 4 is 17.6 Å². The smallest absolute Gasteiger partial charge is 0.189 e. The van der Waals surface area contributed by atoms with Crippen molar-refractivity contribution in [1.82, 2.24) is 9.97 Å². The lowest BCUT2D eigenvalue weighted by atomic mass is 10.0. The lowest BCUT2D eigenvalue weighted by Crippen LogP contribution is -2.22. The Kier molecular flexibility index (Phi) is 2.75. The van der Waals surface area contributed by atoms with Crippen molar-refractivity contribution < 1.29 is 0 Å². The van der Waals surface area contributed by atoms with E-state index in [1.807, 2.05) is 18.5 Å². The number of anilines is 1. The zero-order valence-electron chi connectivity index (χ0n) is 9.59. The van der Waals surface area contributed by atoms with Gasteiger partial charge < -0.3 is 4.90 Å². The molecular weight excluding hydrogens is 218 g/mol. The highest BCUT2D eigenvalue weighted by Crippen LogP contribution is 2.39. The molecule has 1 saturated carbocycles. The van der Waals surface area contributed by atoms with Gasteiger partial charge in [0.05, 0.1) is 0 Å². The predicted octanol–water partition coefficient (Wildman–Crippen LogP) is 2.43. The highest BCUT2D eigenvalue weighted by molar-refractivity contribution is 7.98. The molecular formula is C12H17N3S. The molecule has 1 saturated heterocycles. The fourth-order valence-corrected chi connectivity index (χ4v) is 3.38. The Hall–Kier alpha value is -0.770. The number of hydrogen-bond acceptors (Lipinski definition) is 4. The van der Waals surface area contributed by atoms with Gasteiger partial charge in [0, 0.05) is 19.3 Å². The fraction of sp³-hybridized carbons (Fsp3) is 0.667. The standard InChI is InChI=1S/C12H17N3S/c1-16-12-13-6-5-11(14-12)15-7-9-3-2-4-10(9)8-15/h5-6,9-10H,2-4,7-8H2,1H3. The van der Waals surface area contributed by atoms with Gasteiger partial charge in [-0.2, -0.15) is 0 Å². The summed E-state index contributed by atoms with van der Waals surface area (Å²) in [5, 5.41) is 0.884. The number of fused-ring (bicyclic) bond motifs is 1. The van der Waals surface area contributed by atoms with Crippen LogP contribution in [-0.4, -0.2) is 29.3 Å². The minimum absolute atomic E-state index is 0.884. The summed E-state index contributed by atoms with van der Waals surface area (Å²) in [5.41, 5.74) is 0. The summed E-state index contributed by atoms with van der Waals surface area (Å²) >= 11 is 1.61. The molecule has 2 unspecified atom stereocenters. The van der Waals surface area contributed by atoms with E-state index in [2.05, 4.69) is 14.9 Å². The van der Waals surface area contributed by atoms with Gasteiger partial charge in [0.1, 0.15) is 5.82 Å². The number of aromatic nitrogens is 2. The number of rotatable bonds is 2. The van der Waals surface area contributed by atoms with E-state index in [0.29, 0.717) is 0 Å². The average Bonchev–Trinajstić information content (AvgIpc) is 2.89. The second-order valence-corrected chi connectivity index (χ2v) is 5.53. The molecule has 3 rings (SSSR count). The number of hydrogen-bond donors (Lipinski definition) is 0. The third kappa shape index (κ3) is 1.79. The quantitative estimate of drug-likeness (QED) is 0.581. The molecule has 0 spiro atoms. The summed E-state index contributed by atoms with van der Waals surface area (Å²) in [4.78, 5) is 11.2. The highest BCUT2D eigenvalue weighted by Gasteiger charge is 2.36. The van der Waals surface area contributed by atoms with Gasteiger partial charge in [-0.15, -0.1) is 0 Å².